The van der Waals surface area contributed by atoms with Crippen molar-refractivity contribution >= 4 is 0 Å². The summed E-state index contributed by atoms with van der Waals surface area (Å²) in [5.74, 6) is 0. The Bertz CT molecular complexity index is 154. The molecule has 4 saturated heterocycles. The van der Waals surface area contributed by atoms with Crippen LogP contribution in [-0.2, 0) is 9.47 Å². The van der Waals surface area contributed by atoms with Gasteiger partial charge in [-0.2, -0.15) is 0 Å². The minimum absolute atomic E-state index is 0.560. The Balaban J connectivity index is 0.0000000914. The quantitative estimate of drug-likeness (QED) is 0.550. The highest BCUT2D eigenvalue weighted by Crippen LogP contribution is 2.18. The maximum Gasteiger partial charge on any atom is 0.0716 e. The molecule has 4 unspecified atom stereocenters. The van der Waals surface area contributed by atoms with Crippen molar-refractivity contribution in [3.63, 3.8) is 0 Å². The predicted octanol–water partition coefficient (Wildman–Crippen LogP) is -0.506. The third-order valence-corrected chi connectivity index (χ3v) is 3.43. The van der Waals surface area contributed by atoms with Crippen LogP contribution in [0.25, 0.3) is 0 Å². The third-order valence-electron chi connectivity index (χ3n) is 3.43. The standard InChI is InChI=1S/2C5H9NO/c2*1-4-3-7-5(1)2-6-4/h2*4-6H,1-3H2. The molecule has 0 aromatic rings. The summed E-state index contributed by atoms with van der Waals surface area (Å²) in [4.78, 5) is 0. The Hall–Kier alpha value is -0.160. The molecular weight excluding hydrogens is 180 g/mol. The fourth-order valence-electron chi connectivity index (χ4n) is 2.58. The second-order valence-corrected chi connectivity index (χ2v) is 4.59. The van der Waals surface area contributed by atoms with E-state index in [1.807, 2.05) is 0 Å². The minimum atomic E-state index is 0.560. The van der Waals surface area contributed by atoms with E-state index in [1.54, 1.807) is 0 Å². The van der Waals surface area contributed by atoms with Gasteiger partial charge in [0.2, 0.25) is 0 Å². The molecule has 4 aliphatic heterocycles. The zero-order chi connectivity index (χ0) is 9.38. The van der Waals surface area contributed by atoms with E-state index < -0.39 is 0 Å². The molecule has 0 aromatic heterocycles. The van der Waals surface area contributed by atoms with Crippen molar-refractivity contribution in [3.8, 4) is 0 Å². The largest absolute Gasteiger partial charge is 0.375 e. The van der Waals surface area contributed by atoms with Gasteiger partial charge in [-0.05, 0) is 12.8 Å². The van der Waals surface area contributed by atoms with E-state index in [2.05, 4.69) is 10.6 Å². The monoisotopic (exact) mass is 198 g/mol. The maximum absolute atomic E-state index is 5.29. The van der Waals surface area contributed by atoms with E-state index in [1.165, 1.54) is 12.8 Å². The molecule has 4 atom stereocenters. The Morgan fingerprint density at radius 1 is 0.786 bits per heavy atom. The van der Waals surface area contributed by atoms with Gasteiger partial charge < -0.3 is 20.1 Å². The van der Waals surface area contributed by atoms with Gasteiger partial charge in [0.15, 0.2) is 0 Å². The molecule has 0 amide bonds. The first-order valence-electron chi connectivity index (χ1n) is 5.60. The number of ether oxygens (including phenoxy) is 2. The van der Waals surface area contributed by atoms with Crippen molar-refractivity contribution in [2.24, 2.45) is 0 Å². The van der Waals surface area contributed by atoms with Crippen LogP contribution in [0.1, 0.15) is 12.8 Å². The van der Waals surface area contributed by atoms with Gasteiger partial charge in [0.25, 0.3) is 0 Å². The lowest BCUT2D eigenvalue weighted by molar-refractivity contribution is 0.0891. The van der Waals surface area contributed by atoms with Crippen molar-refractivity contribution in [2.45, 2.75) is 37.1 Å². The lowest BCUT2D eigenvalue weighted by Crippen LogP contribution is -2.30. The Morgan fingerprint density at radius 2 is 1.29 bits per heavy atom. The molecule has 0 saturated carbocycles. The van der Waals surface area contributed by atoms with Crippen LogP contribution in [0.2, 0.25) is 0 Å². The van der Waals surface area contributed by atoms with Crippen molar-refractivity contribution in [2.75, 3.05) is 26.3 Å². The second-order valence-electron chi connectivity index (χ2n) is 4.59. The van der Waals surface area contributed by atoms with Gasteiger partial charge in [0, 0.05) is 25.2 Å². The normalized spacial score (nSPS) is 48.0. The summed E-state index contributed by atoms with van der Waals surface area (Å²) in [5.41, 5.74) is 0. The summed E-state index contributed by atoms with van der Waals surface area (Å²) in [6, 6.07) is 1.40. The van der Waals surface area contributed by atoms with Gasteiger partial charge in [0.05, 0.1) is 25.4 Å². The minimum Gasteiger partial charge on any atom is -0.375 e. The van der Waals surface area contributed by atoms with Crippen molar-refractivity contribution in [3.05, 3.63) is 0 Å². The molecule has 4 heteroatoms. The highest BCUT2D eigenvalue weighted by Gasteiger charge is 2.31. The van der Waals surface area contributed by atoms with Crippen molar-refractivity contribution in [1.29, 1.82) is 0 Å². The number of rotatable bonds is 0. The van der Waals surface area contributed by atoms with Crippen LogP contribution in [0.3, 0.4) is 0 Å². The van der Waals surface area contributed by atoms with Crippen LogP contribution in [0.5, 0.6) is 0 Å². The summed E-state index contributed by atoms with van der Waals surface area (Å²) >= 11 is 0. The molecule has 4 nitrogen and oxygen atoms in total. The number of nitrogens with one attached hydrogen (secondary N) is 2. The van der Waals surface area contributed by atoms with Crippen molar-refractivity contribution < 1.29 is 9.47 Å². The van der Waals surface area contributed by atoms with E-state index >= 15 is 0 Å². The molecule has 2 N–H and O–H groups in total. The Kier molecular flexibility index (Phi) is 2.45. The highest BCUT2D eigenvalue weighted by atomic mass is 16.5. The average Bonchev–Trinajstić information content (AvgIpc) is 3.01. The summed E-state index contributed by atoms with van der Waals surface area (Å²) < 4.78 is 10.6. The van der Waals surface area contributed by atoms with Crippen LogP contribution >= 0.6 is 0 Å². The van der Waals surface area contributed by atoms with Crippen LogP contribution in [-0.4, -0.2) is 50.6 Å². The molecule has 0 aliphatic carbocycles. The molecule has 0 aromatic carbocycles. The lowest BCUT2D eigenvalue weighted by Gasteiger charge is -2.09. The van der Waals surface area contributed by atoms with Gasteiger partial charge in [-0.3, -0.25) is 0 Å². The molecule has 4 aliphatic rings. The first kappa shape index (κ1) is 9.09. The summed E-state index contributed by atoms with van der Waals surface area (Å²) in [6.07, 6.45) is 3.62. The number of fused-ring (bicyclic) bond motifs is 4. The molecule has 4 rings (SSSR count). The second kappa shape index (κ2) is 3.77. The van der Waals surface area contributed by atoms with Gasteiger partial charge in [-0.1, -0.05) is 0 Å². The smallest absolute Gasteiger partial charge is 0.0716 e. The van der Waals surface area contributed by atoms with Crippen LogP contribution < -0.4 is 10.6 Å². The molecule has 4 fully saturated rings. The van der Waals surface area contributed by atoms with Crippen LogP contribution in [0.4, 0.5) is 0 Å². The fourth-order valence-corrected chi connectivity index (χ4v) is 2.58. The van der Waals surface area contributed by atoms with Gasteiger partial charge in [-0.25, -0.2) is 0 Å². The summed E-state index contributed by atoms with van der Waals surface area (Å²) in [5, 5.41) is 6.66. The van der Waals surface area contributed by atoms with E-state index in [0.717, 1.165) is 26.3 Å². The number of hydrogen-bond acceptors (Lipinski definition) is 4. The lowest BCUT2D eigenvalue weighted by atomic mass is 10.3. The van der Waals surface area contributed by atoms with E-state index in [9.17, 15) is 0 Å². The van der Waals surface area contributed by atoms with E-state index in [0.29, 0.717) is 24.3 Å². The fraction of sp³-hybridized carbons (Fsp3) is 1.00. The predicted molar refractivity (Wildman–Crippen MR) is 52.3 cm³/mol. The van der Waals surface area contributed by atoms with Gasteiger partial charge in [-0.15, -0.1) is 0 Å². The zero-order valence-electron chi connectivity index (χ0n) is 8.37. The topological polar surface area (TPSA) is 42.5 Å². The molecule has 0 radical (unpaired) electrons. The van der Waals surface area contributed by atoms with E-state index in [4.69, 9.17) is 9.47 Å². The van der Waals surface area contributed by atoms with E-state index in [-0.39, 0.29) is 0 Å². The molecule has 4 heterocycles. The average molecular weight is 198 g/mol. The first-order chi connectivity index (χ1) is 6.90. The first-order valence-corrected chi connectivity index (χ1v) is 5.60. The number of morpholine rings is 2. The van der Waals surface area contributed by atoms with Crippen LogP contribution in [0, 0.1) is 0 Å². The third kappa shape index (κ3) is 1.80. The molecule has 80 valence electrons. The van der Waals surface area contributed by atoms with Gasteiger partial charge >= 0.3 is 0 Å². The number of hydrogen-bond donors (Lipinski definition) is 2. The Labute approximate surface area is 84.3 Å². The summed E-state index contributed by atoms with van der Waals surface area (Å²) in [7, 11) is 0. The molecule has 4 bridgehead atoms. The maximum atomic E-state index is 5.29. The highest BCUT2D eigenvalue weighted by molar-refractivity contribution is 4.88. The molecule has 0 spiro atoms. The zero-order valence-corrected chi connectivity index (χ0v) is 8.37. The van der Waals surface area contributed by atoms with Gasteiger partial charge in [0.1, 0.15) is 0 Å². The Morgan fingerprint density at radius 3 is 1.36 bits per heavy atom. The van der Waals surface area contributed by atoms with Crippen molar-refractivity contribution in [1.82, 2.24) is 10.6 Å². The SMILES string of the molecule is C1OC2CNC1C2.C1OC2CNC1C2. The van der Waals surface area contributed by atoms with Crippen LogP contribution in [0.15, 0.2) is 0 Å². The molecular formula is C10H18N2O2. The molecule has 14 heavy (non-hydrogen) atoms. The summed E-state index contributed by atoms with van der Waals surface area (Å²) in [6.45, 7) is 4.07.